The molecule has 283 valence electrons. The van der Waals surface area contributed by atoms with E-state index in [1.165, 1.54) is 79.9 Å². The Balaban J connectivity index is 0.000000129. The highest BCUT2D eigenvalue weighted by molar-refractivity contribution is 9.10. The van der Waals surface area contributed by atoms with Gasteiger partial charge in [0.25, 0.3) is 0 Å². The minimum absolute atomic E-state index is 0.506. The zero-order valence-electron chi connectivity index (χ0n) is 31.5. The molecule has 1 N–H and O–H groups in total. The van der Waals surface area contributed by atoms with E-state index in [9.17, 15) is 0 Å². The average molecular weight is 809 g/mol. The van der Waals surface area contributed by atoms with E-state index in [0.717, 1.165) is 72.2 Å². The molecule has 0 spiro atoms. The Kier molecular flexibility index (Phi) is 11.8. The van der Waals surface area contributed by atoms with Crippen LogP contribution in [0.2, 0.25) is 0 Å². The lowest BCUT2D eigenvalue weighted by Gasteiger charge is -2.36. The Morgan fingerprint density at radius 2 is 1.12 bits per heavy atom. The molecule has 0 bridgehead atoms. The van der Waals surface area contributed by atoms with Gasteiger partial charge in [-0.1, -0.05) is 47.0 Å². The molecule has 2 aliphatic heterocycles. The molecule has 4 aromatic carbocycles. The number of halogens is 1. The summed E-state index contributed by atoms with van der Waals surface area (Å²) < 4.78 is 10.6. The summed E-state index contributed by atoms with van der Waals surface area (Å²) in [5.74, 6) is 2.99. The van der Waals surface area contributed by atoms with Crippen LogP contribution in [-0.2, 0) is 25.9 Å². The third kappa shape index (κ3) is 8.40. The summed E-state index contributed by atoms with van der Waals surface area (Å²) in [6.45, 7) is 6.73. The van der Waals surface area contributed by atoms with Crippen molar-refractivity contribution in [3.05, 3.63) is 112 Å². The lowest BCUT2D eigenvalue weighted by Crippen LogP contribution is -2.41. The topological polar surface area (TPSA) is 119 Å². The Morgan fingerprint density at radius 3 is 1.62 bits per heavy atom. The second kappa shape index (κ2) is 17.4. The standard InChI is InChI=1S/C22H22N4.C15H18BrN3.C7H5BNO2/c23-15-16-4-6-17(7-5-16)18-8-9-20-21(14-18)26-13-12-25(19-2-1-3-19)11-10-22(26)24-20;16-11-4-5-13-14(10-11)19-9-8-18(12-2-1-3-12)7-6-15(19)17-13;9-5-6-1-3-7(4-2-6)11-8-10/h4-9,14,19H,1-3,10-13H2;4-5,10,12H,1-3,6-9H2;1-4,10H. The van der Waals surface area contributed by atoms with Gasteiger partial charge in [-0.25, -0.2) is 9.97 Å². The first-order valence-electron chi connectivity index (χ1n) is 19.7. The van der Waals surface area contributed by atoms with Gasteiger partial charge in [0.15, 0.2) is 0 Å². The van der Waals surface area contributed by atoms with Gasteiger partial charge >= 0.3 is 7.69 Å². The highest BCUT2D eigenvalue weighted by atomic mass is 79.9. The van der Waals surface area contributed by atoms with E-state index in [4.69, 9.17) is 25.5 Å². The largest absolute Gasteiger partial charge is 0.569 e. The van der Waals surface area contributed by atoms with Crippen LogP contribution < -0.4 is 4.65 Å². The number of rotatable bonds is 5. The SMILES string of the molecule is Brc1ccc2nc3n(c2c1)CCN(C1CCC1)CC3.N#Cc1ccc(-c2ccc3nc4n(c3c2)CCN(C2CCC2)CC4)cc1.N#Cc1ccc(O[B]O)cc1. The number of fused-ring (bicyclic) bond motifs is 6. The lowest BCUT2D eigenvalue weighted by molar-refractivity contribution is 0.130. The maximum Gasteiger partial charge on any atom is 0.569 e. The summed E-state index contributed by atoms with van der Waals surface area (Å²) in [5, 5.41) is 25.6. The van der Waals surface area contributed by atoms with Crippen LogP contribution in [0.1, 0.15) is 61.3 Å². The molecule has 2 fully saturated rings. The summed E-state index contributed by atoms with van der Waals surface area (Å²) in [6.07, 6.45) is 10.5. The molecule has 2 aliphatic carbocycles. The molecular weight excluding hydrogens is 763 g/mol. The van der Waals surface area contributed by atoms with Crippen molar-refractivity contribution in [2.24, 2.45) is 0 Å². The highest BCUT2D eigenvalue weighted by Crippen LogP contribution is 2.31. The van der Waals surface area contributed by atoms with Crippen molar-refractivity contribution in [1.82, 2.24) is 28.9 Å². The summed E-state index contributed by atoms with van der Waals surface area (Å²) in [6, 6.07) is 33.0. The zero-order chi connectivity index (χ0) is 38.4. The average Bonchev–Trinajstić information content (AvgIpc) is 3.54. The van der Waals surface area contributed by atoms with Gasteiger partial charge in [-0.15, -0.1) is 0 Å². The van der Waals surface area contributed by atoms with Gasteiger partial charge in [-0.3, -0.25) is 9.80 Å². The van der Waals surface area contributed by atoms with Crippen LogP contribution in [0, 0.1) is 22.7 Å². The van der Waals surface area contributed by atoms with Crippen molar-refractivity contribution in [3.8, 4) is 29.0 Å². The van der Waals surface area contributed by atoms with Crippen molar-refractivity contribution in [2.45, 2.75) is 76.5 Å². The number of nitriles is 2. The molecule has 12 heteroatoms. The maximum atomic E-state index is 8.99. The zero-order valence-corrected chi connectivity index (χ0v) is 33.1. The van der Waals surface area contributed by atoms with E-state index in [2.05, 4.69) is 82.0 Å². The van der Waals surface area contributed by atoms with Crippen molar-refractivity contribution in [3.63, 3.8) is 0 Å². The van der Waals surface area contributed by atoms with Crippen LogP contribution in [0.4, 0.5) is 0 Å². The number of aromatic nitrogens is 4. The third-order valence-corrected chi connectivity index (χ3v) is 12.3. The summed E-state index contributed by atoms with van der Waals surface area (Å²) >= 11 is 3.57. The number of hydrogen-bond donors (Lipinski definition) is 1. The number of nitrogens with zero attached hydrogens (tertiary/aromatic N) is 8. The molecule has 0 atom stereocenters. The quantitative estimate of drug-likeness (QED) is 0.177. The minimum Gasteiger partial charge on any atom is -0.537 e. The molecule has 10 rings (SSSR count). The molecule has 4 aliphatic rings. The monoisotopic (exact) mass is 807 g/mol. The minimum atomic E-state index is 0.506. The molecule has 0 amide bonds. The van der Waals surface area contributed by atoms with Crippen LogP contribution in [0.3, 0.4) is 0 Å². The molecule has 56 heavy (non-hydrogen) atoms. The van der Waals surface area contributed by atoms with E-state index >= 15 is 0 Å². The van der Waals surface area contributed by atoms with E-state index in [1.807, 2.05) is 30.3 Å². The third-order valence-electron chi connectivity index (χ3n) is 11.8. The number of imidazole rings is 2. The predicted molar refractivity (Wildman–Crippen MR) is 223 cm³/mol. The predicted octanol–water partition coefficient (Wildman–Crippen LogP) is 7.66. The molecule has 2 saturated carbocycles. The molecule has 0 unspecified atom stereocenters. The summed E-state index contributed by atoms with van der Waals surface area (Å²) in [7, 11) is 0.599. The first-order valence-corrected chi connectivity index (χ1v) is 20.5. The molecule has 6 aromatic rings. The fourth-order valence-electron chi connectivity index (χ4n) is 8.19. The Morgan fingerprint density at radius 1 is 0.625 bits per heavy atom. The molecule has 0 saturated heterocycles. The fourth-order valence-corrected chi connectivity index (χ4v) is 8.54. The lowest BCUT2D eigenvalue weighted by atomic mass is 9.91. The smallest absolute Gasteiger partial charge is 0.537 e. The molecule has 1 radical (unpaired) electrons. The second-order valence-corrected chi connectivity index (χ2v) is 15.9. The van der Waals surface area contributed by atoms with E-state index in [1.54, 1.807) is 24.3 Å². The van der Waals surface area contributed by atoms with Gasteiger partial charge in [0, 0.05) is 68.7 Å². The molecular formula is C44H45BBrN8O2. The first-order chi connectivity index (χ1) is 27.5. The van der Waals surface area contributed by atoms with Gasteiger partial charge in [-0.2, -0.15) is 10.5 Å². The van der Waals surface area contributed by atoms with Crippen LogP contribution in [0.5, 0.6) is 5.75 Å². The second-order valence-electron chi connectivity index (χ2n) is 15.0. The molecule has 2 aromatic heterocycles. The normalized spacial score (nSPS) is 17.2. The van der Waals surface area contributed by atoms with Gasteiger partial charge in [0.05, 0.1) is 45.3 Å². The first kappa shape index (κ1) is 37.9. The maximum absolute atomic E-state index is 8.99. The molecule has 10 nitrogen and oxygen atoms in total. The highest BCUT2D eigenvalue weighted by Gasteiger charge is 2.28. The van der Waals surface area contributed by atoms with Gasteiger partial charge in [0.1, 0.15) is 17.4 Å². The number of hydrogen-bond acceptors (Lipinski definition) is 8. The van der Waals surface area contributed by atoms with Gasteiger partial charge in [0.2, 0.25) is 0 Å². The van der Waals surface area contributed by atoms with Crippen molar-refractivity contribution in [2.75, 3.05) is 26.2 Å². The Bertz CT molecular complexity index is 2370. The van der Waals surface area contributed by atoms with Gasteiger partial charge in [-0.05, 0) is 104 Å². The van der Waals surface area contributed by atoms with Crippen LogP contribution in [0.15, 0.2) is 89.4 Å². The summed E-state index contributed by atoms with van der Waals surface area (Å²) in [5.41, 5.74) is 8.33. The number of benzene rings is 4. The van der Waals surface area contributed by atoms with Gasteiger partial charge < -0.3 is 18.8 Å². The fraction of sp³-hybridized carbons (Fsp3) is 0.364. The van der Waals surface area contributed by atoms with E-state index in [0.29, 0.717) is 24.6 Å². The van der Waals surface area contributed by atoms with E-state index < -0.39 is 0 Å². The Labute approximate surface area is 337 Å². The van der Waals surface area contributed by atoms with E-state index in [-0.39, 0.29) is 0 Å². The van der Waals surface area contributed by atoms with Crippen molar-refractivity contribution >= 4 is 45.7 Å². The Hall–Kier alpha value is -4.98. The van der Waals surface area contributed by atoms with Crippen LogP contribution in [-0.4, -0.2) is 79.9 Å². The van der Waals surface area contributed by atoms with Crippen LogP contribution in [0.25, 0.3) is 33.2 Å². The molecule has 4 heterocycles. The van der Waals surface area contributed by atoms with Crippen molar-refractivity contribution in [1.29, 1.82) is 10.5 Å². The van der Waals surface area contributed by atoms with Crippen LogP contribution >= 0.6 is 15.9 Å². The van der Waals surface area contributed by atoms with Crippen molar-refractivity contribution < 1.29 is 9.68 Å². The summed E-state index contributed by atoms with van der Waals surface area (Å²) in [4.78, 5) is 15.0.